The fraction of sp³-hybridized carbons (Fsp3) is 0.444. The van der Waals surface area contributed by atoms with Crippen LogP contribution in [0.2, 0.25) is 0 Å². The van der Waals surface area contributed by atoms with Gasteiger partial charge in [-0.15, -0.1) is 0 Å². The zero-order chi connectivity index (χ0) is 17.8. The summed E-state index contributed by atoms with van der Waals surface area (Å²) >= 11 is 0. The molecule has 0 aliphatic carbocycles. The van der Waals surface area contributed by atoms with E-state index in [0.29, 0.717) is 12.2 Å². The van der Waals surface area contributed by atoms with E-state index in [1.807, 2.05) is 10.7 Å². The van der Waals surface area contributed by atoms with Crippen molar-refractivity contribution in [1.29, 1.82) is 0 Å². The Hall–Kier alpha value is -2.38. The lowest BCUT2D eigenvalue weighted by Crippen LogP contribution is -2.35. The number of benzene rings is 1. The Morgan fingerprint density at radius 1 is 1.36 bits per heavy atom. The SMILES string of the molecule is C[C@H](O)c1cc2n(n1)CCN(CCCOc1ccc(C(N)=O)cc1)C2. The maximum absolute atomic E-state index is 11.0. The highest BCUT2D eigenvalue weighted by Gasteiger charge is 2.19. The van der Waals surface area contributed by atoms with E-state index in [1.165, 1.54) is 0 Å². The standard InChI is InChI=1S/C18H24N4O3/c1-13(23)17-11-15-12-21(8-9-22(15)20-17)7-2-10-25-16-5-3-14(4-6-16)18(19)24/h3-6,11,13,23H,2,7-10,12H2,1H3,(H2,19,24)/t13-/m0/s1. The molecule has 0 saturated carbocycles. The van der Waals surface area contributed by atoms with Gasteiger partial charge < -0.3 is 15.6 Å². The van der Waals surface area contributed by atoms with Crippen LogP contribution in [0.4, 0.5) is 0 Å². The quantitative estimate of drug-likeness (QED) is 0.739. The first-order valence-electron chi connectivity index (χ1n) is 8.52. The monoisotopic (exact) mass is 344 g/mol. The fourth-order valence-electron chi connectivity index (χ4n) is 2.93. The number of primary amides is 1. The van der Waals surface area contributed by atoms with Crippen molar-refractivity contribution < 1.29 is 14.6 Å². The molecule has 3 N–H and O–H groups in total. The average molecular weight is 344 g/mol. The number of rotatable bonds is 7. The smallest absolute Gasteiger partial charge is 0.248 e. The molecule has 1 aromatic heterocycles. The van der Waals surface area contributed by atoms with Gasteiger partial charge in [-0.1, -0.05) is 0 Å². The van der Waals surface area contributed by atoms with Crippen molar-refractivity contribution in [3.63, 3.8) is 0 Å². The van der Waals surface area contributed by atoms with Crippen molar-refractivity contribution in [2.45, 2.75) is 32.5 Å². The van der Waals surface area contributed by atoms with Crippen molar-refractivity contribution in [3.05, 3.63) is 47.3 Å². The van der Waals surface area contributed by atoms with Gasteiger partial charge in [0.15, 0.2) is 0 Å². The van der Waals surface area contributed by atoms with Crippen LogP contribution in [0.1, 0.15) is 41.2 Å². The van der Waals surface area contributed by atoms with Crippen LogP contribution in [0.5, 0.6) is 5.75 Å². The number of carbonyl (C=O) groups excluding carboxylic acids is 1. The summed E-state index contributed by atoms with van der Waals surface area (Å²) in [7, 11) is 0. The Labute approximate surface area is 147 Å². The van der Waals surface area contributed by atoms with Gasteiger partial charge in [-0.2, -0.15) is 5.10 Å². The summed E-state index contributed by atoms with van der Waals surface area (Å²) in [5.41, 5.74) is 7.57. The van der Waals surface area contributed by atoms with Crippen LogP contribution in [0.15, 0.2) is 30.3 Å². The Morgan fingerprint density at radius 3 is 2.80 bits per heavy atom. The number of aliphatic hydroxyl groups excluding tert-OH is 1. The second kappa shape index (κ2) is 7.67. The molecule has 0 bridgehead atoms. The summed E-state index contributed by atoms with van der Waals surface area (Å²) in [5, 5.41) is 14.1. The Bertz CT molecular complexity index is 724. The van der Waals surface area contributed by atoms with Crippen molar-refractivity contribution in [2.75, 3.05) is 19.7 Å². The summed E-state index contributed by atoms with van der Waals surface area (Å²) in [6, 6.07) is 8.84. The third-order valence-electron chi connectivity index (χ3n) is 4.35. The second-order valence-electron chi connectivity index (χ2n) is 6.33. The van der Waals surface area contributed by atoms with Gasteiger partial charge in [-0.05, 0) is 43.7 Å². The maximum Gasteiger partial charge on any atom is 0.248 e. The number of nitrogens with zero attached hydrogens (tertiary/aromatic N) is 3. The number of hydrogen-bond donors (Lipinski definition) is 2. The molecule has 2 aromatic rings. The van der Waals surface area contributed by atoms with E-state index in [-0.39, 0.29) is 0 Å². The molecule has 1 atom stereocenters. The highest BCUT2D eigenvalue weighted by molar-refractivity contribution is 5.92. The van der Waals surface area contributed by atoms with Crippen LogP contribution < -0.4 is 10.5 Å². The number of carbonyl (C=O) groups is 1. The molecule has 1 aliphatic rings. The van der Waals surface area contributed by atoms with Crippen LogP contribution in [-0.4, -0.2) is 45.4 Å². The number of hydrogen-bond acceptors (Lipinski definition) is 5. The Balaban J connectivity index is 1.43. The van der Waals surface area contributed by atoms with Crippen LogP contribution in [0.25, 0.3) is 0 Å². The molecule has 3 rings (SSSR count). The molecule has 1 amide bonds. The maximum atomic E-state index is 11.0. The summed E-state index contributed by atoms with van der Waals surface area (Å²) in [6.07, 6.45) is 0.385. The normalized spacial score (nSPS) is 15.6. The van der Waals surface area contributed by atoms with E-state index in [2.05, 4.69) is 10.00 Å². The van der Waals surface area contributed by atoms with E-state index in [0.717, 1.165) is 49.7 Å². The van der Waals surface area contributed by atoms with Gasteiger partial charge in [0, 0.05) is 25.2 Å². The number of fused-ring (bicyclic) bond motifs is 1. The topological polar surface area (TPSA) is 93.6 Å². The molecule has 0 spiro atoms. The Morgan fingerprint density at radius 2 is 2.12 bits per heavy atom. The van der Waals surface area contributed by atoms with E-state index in [1.54, 1.807) is 31.2 Å². The molecular weight excluding hydrogens is 320 g/mol. The molecule has 0 saturated heterocycles. The van der Waals surface area contributed by atoms with Crippen molar-refractivity contribution in [1.82, 2.24) is 14.7 Å². The molecule has 7 nitrogen and oxygen atoms in total. The lowest BCUT2D eigenvalue weighted by molar-refractivity contribution is 0.1000. The van der Waals surface area contributed by atoms with E-state index < -0.39 is 12.0 Å². The van der Waals surface area contributed by atoms with Crippen molar-refractivity contribution in [3.8, 4) is 5.75 Å². The number of aromatic nitrogens is 2. The minimum absolute atomic E-state index is 0.436. The van der Waals surface area contributed by atoms with E-state index in [9.17, 15) is 9.90 Å². The molecule has 1 aromatic carbocycles. The minimum Gasteiger partial charge on any atom is -0.494 e. The highest BCUT2D eigenvalue weighted by Crippen LogP contribution is 2.18. The predicted octanol–water partition coefficient (Wildman–Crippen LogP) is 1.32. The molecule has 25 heavy (non-hydrogen) atoms. The first-order valence-corrected chi connectivity index (χ1v) is 8.52. The molecular formula is C18H24N4O3. The lowest BCUT2D eigenvalue weighted by atomic mass is 10.2. The van der Waals surface area contributed by atoms with Gasteiger partial charge >= 0.3 is 0 Å². The van der Waals surface area contributed by atoms with Crippen LogP contribution in [-0.2, 0) is 13.1 Å². The molecule has 134 valence electrons. The third kappa shape index (κ3) is 4.37. The zero-order valence-corrected chi connectivity index (χ0v) is 14.4. The number of nitrogens with two attached hydrogens (primary N) is 1. The van der Waals surface area contributed by atoms with Gasteiger partial charge in [-0.3, -0.25) is 14.4 Å². The summed E-state index contributed by atoms with van der Waals surface area (Å²) in [4.78, 5) is 13.4. The van der Waals surface area contributed by atoms with Crippen molar-refractivity contribution in [2.24, 2.45) is 5.73 Å². The fourth-order valence-corrected chi connectivity index (χ4v) is 2.93. The zero-order valence-electron chi connectivity index (χ0n) is 14.4. The number of aliphatic hydroxyl groups is 1. The second-order valence-corrected chi connectivity index (χ2v) is 6.33. The molecule has 2 heterocycles. The summed E-state index contributed by atoms with van der Waals surface area (Å²) < 4.78 is 7.69. The van der Waals surface area contributed by atoms with Crippen LogP contribution in [0.3, 0.4) is 0 Å². The summed E-state index contributed by atoms with van der Waals surface area (Å²) in [5.74, 6) is 0.304. The van der Waals surface area contributed by atoms with E-state index >= 15 is 0 Å². The third-order valence-corrected chi connectivity index (χ3v) is 4.35. The van der Waals surface area contributed by atoms with Gasteiger partial charge in [-0.25, -0.2) is 0 Å². The van der Waals surface area contributed by atoms with Gasteiger partial charge in [0.1, 0.15) is 5.75 Å². The molecule has 1 aliphatic heterocycles. The number of amides is 1. The van der Waals surface area contributed by atoms with Crippen molar-refractivity contribution >= 4 is 5.91 Å². The van der Waals surface area contributed by atoms with Crippen LogP contribution in [0, 0.1) is 0 Å². The van der Waals surface area contributed by atoms with Gasteiger partial charge in [0.25, 0.3) is 0 Å². The average Bonchev–Trinajstić information content (AvgIpc) is 3.03. The minimum atomic E-state index is -0.527. The Kier molecular flexibility index (Phi) is 5.35. The molecule has 0 fully saturated rings. The van der Waals surface area contributed by atoms with Crippen LogP contribution >= 0.6 is 0 Å². The van der Waals surface area contributed by atoms with E-state index in [4.69, 9.17) is 10.5 Å². The largest absolute Gasteiger partial charge is 0.494 e. The highest BCUT2D eigenvalue weighted by atomic mass is 16.5. The lowest BCUT2D eigenvalue weighted by Gasteiger charge is -2.27. The first kappa shape index (κ1) is 17.4. The summed E-state index contributed by atoms with van der Waals surface area (Å²) in [6.45, 7) is 5.92. The van der Waals surface area contributed by atoms with Gasteiger partial charge in [0.2, 0.25) is 5.91 Å². The molecule has 0 unspecified atom stereocenters. The predicted molar refractivity (Wildman–Crippen MR) is 93.2 cm³/mol. The number of ether oxygens (including phenoxy) is 1. The molecule has 7 heteroatoms. The first-order chi connectivity index (χ1) is 12.0. The molecule has 0 radical (unpaired) electrons. The van der Waals surface area contributed by atoms with Gasteiger partial charge in [0.05, 0.1) is 30.6 Å².